The summed E-state index contributed by atoms with van der Waals surface area (Å²) < 4.78 is 11.5. The number of nitriles is 1. The Bertz CT molecular complexity index is 1200. The molecule has 11 nitrogen and oxygen atoms in total. The number of hydrogen-bond donors (Lipinski definition) is 1. The predicted molar refractivity (Wildman–Crippen MR) is 111 cm³/mol. The fraction of sp³-hybridized carbons (Fsp3) is 0.143. The van der Waals surface area contributed by atoms with Gasteiger partial charge >= 0.3 is 11.7 Å². The zero-order valence-corrected chi connectivity index (χ0v) is 16.8. The Labute approximate surface area is 181 Å². The molecule has 2 aromatic carbocycles. The quantitative estimate of drug-likeness (QED) is 0.322. The maximum Gasteiger partial charge on any atom is 0.338 e. The van der Waals surface area contributed by atoms with Gasteiger partial charge in [-0.25, -0.2) is 9.48 Å². The summed E-state index contributed by atoms with van der Waals surface area (Å²) in [7, 11) is 0. The van der Waals surface area contributed by atoms with Crippen LogP contribution in [0.1, 0.15) is 22.8 Å². The minimum Gasteiger partial charge on any atom is -0.487 e. The van der Waals surface area contributed by atoms with Gasteiger partial charge in [0.1, 0.15) is 11.6 Å². The molecule has 32 heavy (non-hydrogen) atoms. The van der Waals surface area contributed by atoms with E-state index >= 15 is 0 Å². The number of para-hydroxylation sites is 1. The normalized spacial score (nSPS) is 10.1. The molecule has 1 N–H and O–H groups in total. The molecular weight excluding hydrogens is 418 g/mol. The van der Waals surface area contributed by atoms with E-state index in [0.29, 0.717) is 5.69 Å². The van der Waals surface area contributed by atoms with Crippen LogP contribution in [0.3, 0.4) is 0 Å². The second-order valence-electron chi connectivity index (χ2n) is 6.26. The predicted octanol–water partition coefficient (Wildman–Crippen LogP) is 2.85. The van der Waals surface area contributed by atoms with Crippen LogP contribution < -0.4 is 10.1 Å². The summed E-state index contributed by atoms with van der Waals surface area (Å²) in [5.41, 5.74) is 0.231. The molecule has 0 spiro atoms. The van der Waals surface area contributed by atoms with Gasteiger partial charge < -0.3 is 14.8 Å². The van der Waals surface area contributed by atoms with Gasteiger partial charge in [0.25, 0.3) is 5.91 Å². The van der Waals surface area contributed by atoms with E-state index in [-0.39, 0.29) is 29.3 Å². The second-order valence-corrected chi connectivity index (χ2v) is 6.26. The molecule has 0 radical (unpaired) electrons. The highest BCUT2D eigenvalue weighted by Crippen LogP contribution is 2.28. The third kappa shape index (κ3) is 4.88. The Morgan fingerprint density at radius 3 is 2.66 bits per heavy atom. The molecule has 0 fully saturated rings. The van der Waals surface area contributed by atoms with Crippen LogP contribution in [0.4, 0.5) is 11.5 Å². The molecule has 0 aliphatic heterocycles. The molecule has 0 saturated carbocycles. The van der Waals surface area contributed by atoms with Gasteiger partial charge in [-0.1, -0.05) is 18.2 Å². The van der Waals surface area contributed by atoms with Crippen molar-refractivity contribution >= 4 is 23.4 Å². The van der Waals surface area contributed by atoms with Crippen LogP contribution >= 0.6 is 0 Å². The Balaban J connectivity index is 1.70. The summed E-state index contributed by atoms with van der Waals surface area (Å²) in [6.07, 6.45) is 1.30. The van der Waals surface area contributed by atoms with Gasteiger partial charge in [0.05, 0.1) is 29.0 Å². The molecule has 1 aromatic heterocycles. The number of aromatic nitrogens is 2. The molecule has 0 unspecified atom stereocenters. The standard InChI is InChI=1S/C21H17N5O6/c1-2-31-18-9-8-14(10-17(18)26(29)30)21(28)32-13-19(27)24-20-15(11-22)12-23-25(20)16-6-4-3-5-7-16/h3-10,12H,2,13H2,1H3,(H,24,27). The minimum atomic E-state index is -0.927. The molecule has 0 saturated heterocycles. The highest BCUT2D eigenvalue weighted by Gasteiger charge is 2.21. The van der Waals surface area contributed by atoms with E-state index in [1.54, 1.807) is 37.3 Å². The van der Waals surface area contributed by atoms with Crippen molar-refractivity contribution in [1.82, 2.24) is 9.78 Å². The van der Waals surface area contributed by atoms with Crippen LogP contribution in [0.25, 0.3) is 5.69 Å². The van der Waals surface area contributed by atoms with E-state index in [4.69, 9.17) is 9.47 Å². The van der Waals surface area contributed by atoms with E-state index < -0.39 is 29.1 Å². The summed E-state index contributed by atoms with van der Waals surface area (Å²) in [5, 5.41) is 27.1. The molecule has 0 atom stereocenters. The maximum atomic E-state index is 12.3. The van der Waals surface area contributed by atoms with Gasteiger partial charge in [0.2, 0.25) is 0 Å². The maximum absolute atomic E-state index is 12.3. The van der Waals surface area contributed by atoms with Crippen LogP contribution in [0, 0.1) is 21.4 Å². The fourth-order valence-electron chi connectivity index (χ4n) is 2.76. The number of ether oxygens (including phenoxy) is 2. The summed E-state index contributed by atoms with van der Waals surface area (Å²) in [4.78, 5) is 35.1. The van der Waals surface area contributed by atoms with Crippen LogP contribution in [0.5, 0.6) is 5.75 Å². The number of nitrogens with zero attached hydrogens (tertiary/aromatic N) is 4. The summed E-state index contributed by atoms with van der Waals surface area (Å²) in [6.45, 7) is 1.21. The summed E-state index contributed by atoms with van der Waals surface area (Å²) in [5.74, 6) is -1.50. The number of esters is 1. The van der Waals surface area contributed by atoms with Gasteiger partial charge in [-0.3, -0.25) is 14.9 Å². The number of carbonyl (C=O) groups excluding carboxylic acids is 2. The van der Waals surface area contributed by atoms with Gasteiger partial charge in [0.15, 0.2) is 18.2 Å². The lowest BCUT2D eigenvalue weighted by molar-refractivity contribution is -0.385. The second kappa shape index (κ2) is 9.86. The highest BCUT2D eigenvalue weighted by atomic mass is 16.6. The van der Waals surface area contributed by atoms with Crippen LogP contribution in [-0.2, 0) is 9.53 Å². The number of nitro groups is 1. The van der Waals surface area contributed by atoms with Crippen molar-refractivity contribution < 1.29 is 24.0 Å². The first-order valence-corrected chi connectivity index (χ1v) is 9.36. The highest BCUT2D eigenvalue weighted by molar-refractivity contribution is 5.96. The summed E-state index contributed by atoms with van der Waals surface area (Å²) in [6, 6.07) is 14.4. The number of hydrogen-bond acceptors (Lipinski definition) is 8. The van der Waals surface area contributed by atoms with Crippen molar-refractivity contribution in [2.24, 2.45) is 0 Å². The molecule has 3 aromatic rings. The largest absolute Gasteiger partial charge is 0.487 e. The average molecular weight is 435 g/mol. The number of nitrogens with one attached hydrogen (secondary N) is 1. The number of rotatable bonds is 8. The molecule has 1 heterocycles. The minimum absolute atomic E-state index is 0.0185. The van der Waals surface area contributed by atoms with E-state index in [1.165, 1.54) is 23.0 Å². The Morgan fingerprint density at radius 1 is 1.25 bits per heavy atom. The SMILES string of the molecule is CCOc1ccc(C(=O)OCC(=O)Nc2c(C#N)cnn2-c2ccccc2)cc1[N+](=O)[O-]. The fourth-order valence-corrected chi connectivity index (χ4v) is 2.76. The molecule has 0 bridgehead atoms. The van der Waals surface area contributed by atoms with E-state index in [1.807, 2.05) is 6.07 Å². The Hall–Kier alpha value is -4.72. The first-order chi connectivity index (χ1) is 15.4. The van der Waals surface area contributed by atoms with E-state index in [0.717, 1.165) is 6.07 Å². The first kappa shape index (κ1) is 22.0. The van der Waals surface area contributed by atoms with E-state index in [2.05, 4.69) is 10.4 Å². The Morgan fingerprint density at radius 2 is 2.00 bits per heavy atom. The topological polar surface area (TPSA) is 149 Å². The lowest BCUT2D eigenvalue weighted by Gasteiger charge is -2.10. The molecule has 1 amide bonds. The molecule has 0 aliphatic rings. The number of anilines is 1. The third-order valence-corrected chi connectivity index (χ3v) is 4.17. The van der Waals surface area contributed by atoms with Crippen LogP contribution in [0.2, 0.25) is 0 Å². The van der Waals surface area contributed by atoms with Gasteiger partial charge in [-0.15, -0.1) is 0 Å². The number of carbonyl (C=O) groups is 2. The van der Waals surface area contributed by atoms with Crippen molar-refractivity contribution in [2.75, 3.05) is 18.5 Å². The number of nitro benzene ring substituents is 1. The zero-order valence-electron chi connectivity index (χ0n) is 16.8. The molecule has 3 rings (SSSR count). The molecule has 162 valence electrons. The smallest absolute Gasteiger partial charge is 0.338 e. The van der Waals surface area contributed by atoms with Crippen molar-refractivity contribution in [3.05, 3.63) is 76.0 Å². The zero-order chi connectivity index (χ0) is 23.1. The molecule has 0 aliphatic carbocycles. The van der Waals surface area contributed by atoms with Gasteiger partial charge in [-0.05, 0) is 31.2 Å². The monoisotopic (exact) mass is 435 g/mol. The third-order valence-electron chi connectivity index (χ3n) is 4.17. The van der Waals surface area contributed by atoms with Crippen LogP contribution in [0.15, 0.2) is 54.7 Å². The van der Waals surface area contributed by atoms with Gasteiger partial charge in [0, 0.05) is 6.07 Å². The average Bonchev–Trinajstić information content (AvgIpc) is 3.20. The Kier molecular flexibility index (Phi) is 6.77. The number of benzene rings is 2. The lowest BCUT2D eigenvalue weighted by atomic mass is 10.2. The lowest BCUT2D eigenvalue weighted by Crippen LogP contribution is -2.23. The van der Waals surface area contributed by atoms with Crippen molar-refractivity contribution in [3.8, 4) is 17.5 Å². The first-order valence-electron chi connectivity index (χ1n) is 9.36. The van der Waals surface area contributed by atoms with E-state index in [9.17, 15) is 25.0 Å². The van der Waals surface area contributed by atoms with Crippen molar-refractivity contribution in [2.45, 2.75) is 6.92 Å². The molecular formula is C21H17N5O6. The number of amides is 1. The van der Waals surface area contributed by atoms with Gasteiger partial charge in [-0.2, -0.15) is 10.4 Å². The van der Waals surface area contributed by atoms with Crippen molar-refractivity contribution in [3.63, 3.8) is 0 Å². The summed E-state index contributed by atoms with van der Waals surface area (Å²) >= 11 is 0. The van der Waals surface area contributed by atoms with Crippen molar-refractivity contribution in [1.29, 1.82) is 5.26 Å². The van der Waals surface area contributed by atoms with Crippen LogP contribution in [-0.4, -0.2) is 39.8 Å². The molecule has 11 heteroatoms.